The maximum Gasteiger partial charge on any atom is 0.0427 e. The van der Waals surface area contributed by atoms with Crippen molar-refractivity contribution in [3.63, 3.8) is 0 Å². The van der Waals surface area contributed by atoms with Gasteiger partial charge in [-0.2, -0.15) is 0 Å². The van der Waals surface area contributed by atoms with Crippen molar-refractivity contribution < 1.29 is 0 Å². The van der Waals surface area contributed by atoms with E-state index < -0.39 is 0 Å². The van der Waals surface area contributed by atoms with E-state index >= 15 is 0 Å². The van der Waals surface area contributed by atoms with Crippen LogP contribution in [0.3, 0.4) is 0 Å². The third kappa shape index (κ3) is 1.41. The van der Waals surface area contributed by atoms with E-state index in [0.29, 0.717) is 0 Å². The molecule has 2 aromatic carbocycles. The topological polar surface area (TPSA) is 38.0 Å². The third-order valence-electron chi connectivity index (χ3n) is 3.59. The summed E-state index contributed by atoms with van der Waals surface area (Å²) < 4.78 is 0. The van der Waals surface area contributed by atoms with Crippen LogP contribution in [-0.2, 0) is 5.41 Å². The minimum Gasteiger partial charge on any atom is -0.399 e. The number of para-hydroxylation sites is 1. The molecule has 0 saturated carbocycles. The Balaban J connectivity index is 2.27. The van der Waals surface area contributed by atoms with Crippen molar-refractivity contribution in [1.82, 2.24) is 0 Å². The molecule has 86 valence electrons. The van der Waals surface area contributed by atoms with Crippen molar-refractivity contribution in [1.29, 1.82) is 0 Å². The molecule has 2 heteroatoms. The second-order valence-electron chi connectivity index (χ2n) is 5.10. The van der Waals surface area contributed by atoms with Crippen LogP contribution in [0, 0.1) is 0 Å². The Morgan fingerprint density at radius 1 is 0.941 bits per heavy atom. The first-order valence-corrected chi connectivity index (χ1v) is 5.85. The van der Waals surface area contributed by atoms with Crippen LogP contribution in [0.25, 0.3) is 0 Å². The fourth-order valence-corrected chi connectivity index (χ4v) is 2.62. The molecule has 0 fully saturated rings. The van der Waals surface area contributed by atoms with Crippen LogP contribution in [0.2, 0.25) is 0 Å². The van der Waals surface area contributed by atoms with Gasteiger partial charge in [0.25, 0.3) is 0 Å². The summed E-state index contributed by atoms with van der Waals surface area (Å²) in [6, 6.07) is 14.5. The molecule has 0 radical (unpaired) electrons. The molecule has 0 atom stereocenters. The van der Waals surface area contributed by atoms with Gasteiger partial charge in [-0.1, -0.05) is 32.0 Å². The monoisotopic (exact) mass is 224 g/mol. The maximum absolute atomic E-state index is 5.90. The van der Waals surface area contributed by atoms with E-state index in [1.54, 1.807) is 0 Å². The third-order valence-corrected chi connectivity index (χ3v) is 3.59. The van der Waals surface area contributed by atoms with Crippen molar-refractivity contribution in [3.05, 3.63) is 53.6 Å². The molecule has 0 saturated heterocycles. The van der Waals surface area contributed by atoms with Gasteiger partial charge in [-0.3, -0.25) is 0 Å². The zero-order chi connectivity index (χ0) is 12.0. The minimum absolute atomic E-state index is 0.00738. The van der Waals surface area contributed by atoms with Crippen LogP contribution in [-0.4, -0.2) is 0 Å². The average molecular weight is 224 g/mol. The van der Waals surface area contributed by atoms with Gasteiger partial charge in [-0.15, -0.1) is 0 Å². The summed E-state index contributed by atoms with van der Waals surface area (Å²) in [7, 11) is 0. The van der Waals surface area contributed by atoms with Crippen molar-refractivity contribution in [3.8, 4) is 0 Å². The van der Waals surface area contributed by atoms with Gasteiger partial charge in [-0.25, -0.2) is 0 Å². The number of hydrogen-bond donors (Lipinski definition) is 2. The Morgan fingerprint density at radius 3 is 2.47 bits per heavy atom. The minimum atomic E-state index is -0.00738. The highest BCUT2D eigenvalue weighted by Gasteiger charge is 2.32. The van der Waals surface area contributed by atoms with Crippen LogP contribution in [0.5, 0.6) is 0 Å². The molecule has 3 N–H and O–H groups in total. The average Bonchev–Trinajstić information content (AvgIpc) is 2.31. The van der Waals surface area contributed by atoms with E-state index in [2.05, 4.69) is 55.6 Å². The quantitative estimate of drug-likeness (QED) is 0.670. The predicted molar refractivity (Wildman–Crippen MR) is 72.7 cm³/mol. The normalized spacial score (nSPS) is 15.6. The Kier molecular flexibility index (Phi) is 1.96. The van der Waals surface area contributed by atoms with E-state index in [1.165, 1.54) is 16.8 Å². The number of hydrogen-bond acceptors (Lipinski definition) is 2. The van der Waals surface area contributed by atoms with Gasteiger partial charge in [0, 0.05) is 22.5 Å². The van der Waals surface area contributed by atoms with Crippen molar-refractivity contribution >= 4 is 17.1 Å². The molecule has 1 aliphatic rings. The molecule has 1 aliphatic heterocycles. The van der Waals surface area contributed by atoms with Crippen molar-refractivity contribution in [2.75, 3.05) is 11.1 Å². The zero-order valence-electron chi connectivity index (χ0n) is 10.1. The van der Waals surface area contributed by atoms with Crippen molar-refractivity contribution in [2.24, 2.45) is 0 Å². The Morgan fingerprint density at radius 2 is 1.65 bits per heavy atom. The first-order chi connectivity index (χ1) is 8.09. The van der Waals surface area contributed by atoms with E-state index in [4.69, 9.17) is 5.73 Å². The van der Waals surface area contributed by atoms with Gasteiger partial charge in [-0.05, 0) is 35.4 Å². The number of benzene rings is 2. The van der Waals surface area contributed by atoms with Crippen LogP contribution in [0.15, 0.2) is 42.5 Å². The summed E-state index contributed by atoms with van der Waals surface area (Å²) in [4.78, 5) is 0. The number of nitrogen functional groups attached to an aromatic ring is 1. The van der Waals surface area contributed by atoms with Crippen molar-refractivity contribution in [2.45, 2.75) is 19.3 Å². The van der Waals surface area contributed by atoms with Crippen LogP contribution in [0.4, 0.5) is 17.1 Å². The summed E-state index contributed by atoms with van der Waals surface area (Å²) in [6.45, 7) is 4.48. The Bertz CT molecular complexity index is 585. The highest BCUT2D eigenvalue weighted by atomic mass is 14.9. The molecule has 2 nitrogen and oxygen atoms in total. The summed E-state index contributed by atoms with van der Waals surface area (Å²) in [5.41, 5.74) is 11.6. The summed E-state index contributed by atoms with van der Waals surface area (Å²) in [5, 5.41) is 3.47. The summed E-state index contributed by atoms with van der Waals surface area (Å²) in [6.07, 6.45) is 0. The van der Waals surface area contributed by atoms with Crippen LogP contribution >= 0.6 is 0 Å². The number of nitrogens with two attached hydrogens (primary N) is 1. The standard InChI is InChI=1S/C15H16N2/c1-15(2)11-5-3-4-6-13(11)17-14-8-7-10(16)9-12(14)15/h3-9,17H,16H2,1-2H3. The van der Waals surface area contributed by atoms with Gasteiger partial charge in [0.1, 0.15) is 0 Å². The molecule has 0 unspecified atom stereocenters. The second kappa shape index (κ2) is 3.27. The maximum atomic E-state index is 5.90. The van der Waals surface area contributed by atoms with Crippen LogP contribution < -0.4 is 11.1 Å². The lowest BCUT2D eigenvalue weighted by molar-refractivity contribution is 0.638. The Labute approximate surface area is 101 Å². The summed E-state index contributed by atoms with van der Waals surface area (Å²) >= 11 is 0. The molecule has 0 amide bonds. The molecule has 1 heterocycles. The SMILES string of the molecule is CC1(C)c2ccccc2Nc2ccc(N)cc21. The van der Waals surface area contributed by atoms with E-state index in [9.17, 15) is 0 Å². The van der Waals surface area contributed by atoms with E-state index in [0.717, 1.165) is 11.4 Å². The largest absolute Gasteiger partial charge is 0.399 e. The first kappa shape index (κ1) is 10.2. The molecular weight excluding hydrogens is 208 g/mol. The van der Waals surface area contributed by atoms with E-state index in [1.807, 2.05) is 6.07 Å². The fraction of sp³-hybridized carbons (Fsp3) is 0.200. The van der Waals surface area contributed by atoms with Gasteiger partial charge < -0.3 is 11.1 Å². The molecule has 0 aromatic heterocycles. The molecule has 3 rings (SSSR count). The number of fused-ring (bicyclic) bond motifs is 2. The number of anilines is 3. The summed E-state index contributed by atoms with van der Waals surface area (Å²) in [5.74, 6) is 0. The van der Waals surface area contributed by atoms with Crippen LogP contribution in [0.1, 0.15) is 25.0 Å². The van der Waals surface area contributed by atoms with Gasteiger partial charge >= 0.3 is 0 Å². The van der Waals surface area contributed by atoms with Gasteiger partial charge in [0.05, 0.1) is 0 Å². The van der Waals surface area contributed by atoms with E-state index in [-0.39, 0.29) is 5.41 Å². The molecule has 0 aliphatic carbocycles. The molecule has 0 spiro atoms. The molecule has 0 bridgehead atoms. The first-order valence-electron chi connectivity index (χ1n) is 5.85. The highest BCUT2D eigenvalue weighted by molar-refractivity contribution is 5.76. The predicted octanol–water partition coefficient (Wildman–Crippen LogP) is 3.65. The zero-order valence-corrected chi connectivity index (χ0v) is 10.1. The van der Waals surface area contributed by atoms with Gasteiger partial charge in [0.15, 0.2) is 0 Å². The second-order valence-corrected chi connectivity index (χ2v) is 5.10. The number of rotatable bonds is 0. The smallest absolute Gasteiger partial charge is 0.0427 e. The lowest BCUT2D eigenvalue weighted by atomic mass is 9.74. The van der Waals surface area contributed by atoms with Gasteiger partial charge in [0.2, 0.25) is 0 Å². The lowest BCUT2D eigenvalue weighted by Crippen LogP contribution is -2.26. The Hall–Kier alpha value is -1.96. The number of nitrogens with one attached hydrogen (secondary N) is 1. The molecular formula is C15H16N2. The molecule has 17 heavy (non-hydrogen) atoms. The molecule has 2 aromatic rings. The lowest BCUT2D eigenvalue weighted by Gasteiger charge is -2.35. The highest BCUT2D eigenvalue weighted by Crippen LogP contribution is 2.45. The fourth-order valence-electron chi connectivity index (χ4n) is 2.62.